The number of hydrogen-bond acceptors (Lipinski definition) is 4. The van der Waals surface area contributed by atoms with Gasteiger partial charge in [-0.15, -0.1) is 11.3 Å². The first kappa shape index (κ1) is 18.5. The molecule has 0 radical (unpaired) electrons. The number of nitrogens with zero attached hydrogens (tertiary/aromatic N) is 2. The summed E-state index contributed by atoms with van der Waals surface area (Å²) in [5.41, 5.74) is 2.46. The molecule has 1 aromatic heterocycles. The molecule has 1 fully saturated rings. The van der Waals surface area contributed by atoms with Crippen LogP contribution in [0.4, 0.5) is 5.69 Å². The van der Waals surface area contributed by atoms with Crippen molar-refractivity contribution in [2.45, 2.75) is 26.3 Å². The number of thiophene rings is 1. The SMILES string of the molecule is CC(=O)NC(CC(=O)N1CCN(c2cccc(C)c2)CC1)c1cccs1. The van der Waals surface area contributed by atoms with Crippen molar-refractivity contribution >= 4 is 28.8 Å². The summed E-state index contributed by atoms with van der Waals surface area (Å²) in [5.74, 6) is -0.0125. The fourth-order valence-corrected chi connectivity index (χ4v) is 4.08. The van der Waals surface area contributed by atoms with Crippen molar-refractivity contribution in [3.05, 3.63) is 52.2 Å². The van der Waals surface area contributed by atoms with Crippen molar-refractivity contribution in [2.75, 3.05) is 31.1 Å². The quantitative estimate of drug-likeness (QED) is 0.879. The van der Waals surface area contributed by atoms with Crippen LogP contribution in [0.5, 0.6) is 0 Å². The molecule has 1 aliphatic rings. The highest BCUT2D eigenvalue weighted by Crippen LogP contribution is 2.24. The second kappa shape index (κ2) is 8.36. The fourth-order valence-electron chi connectivity index (χ4n) is 3.30. The number of benzene rings is 1. The van der Waals surface area contributed by atoms with Crippen molar-refractivity contribution in [1.29, 1.82) is 0 Å². The molecule has 2 amide bonds. The number of carbonyl (C=O) groups excluding carboxylic acids is 2. The maximum atomic E-state index is 12.7. The van der Waals surface area contributed by atoms with E-state index >= 15 is 0 Å². The van der Waals surface area contributed by atoms with Gasteiger partial charge in [0.05, 0.1) is 12.5 Å². The maximum absolute atomic E-state index is 12.7. The van der Waals surface area contributed by atoms with Crippen molar-refractivity contribution in [3.8, 4) is 0 Å². The number of rotatable bonds is 5. The number of anilines is 1. The molecule has 1 atom stereocenters. The Balaban J connectivity index is 1.58. The standard InChI is InChI=1S/C20H25N3O2S/c1-15-5-3-6-17(13-15)22-8-10-23(11-9-22)20(25)14-18(21-16(2)24)19-7-4-12-26-19/h3-7,12-13,18H,8-11,14H2,1-2H3,(H,21,24). The summed E-state index contributed by atoms with van der Waals surface area (Å²) in [7, 11) is 0. The zero-order valence-corrected chi connectivity index (χ0v) is 16.1. The van der Waals surface area contributed by atoms with E-state index < -0.39 is 0 Å². The van der Waals surface area contributed by atoms with Gasteiger partial charge in [-0.25, -0.2) is 0 Å². The highest BCUT2D eigenvalue weighted by molar-refractivity contribution is 7.10. The Labute approximate surface area is 158 Å². The molecule has 0 saturated carbocycles. The van der Waals surface area contributed by atoms with E-state index in [0.717, 1.165) is 18.0 Å². The lowest BCUT2D eigenvalue weighted by molar-refractivity contribution is -0.132. The van der Waals surface area contributed by atoms with Gasteiger partial charge >= 0.3 is 0 Å². The summed E-state index contributed by atoms with van der Waals surface area (Å²) < 4.78 is 0. The number of hydrogen-bond donors (Lipinski definition) is 1. The molecule has 3 rings (SSSR count). The number of nitrogens with one attached hydrogen (secondary N) is 1. The minimum absolute atomic E-state index is 0.0982. The molecule has 5 nitrogen and oxygen atoms in total. The Morgan fingerprint density at radius 1 is 1.15 bits per heavy atom. The second-order valence-corrected chi connectivity index (χ2v) is 7.66. The van der Waals surface area contributed by atoms with Crippen LogP contribution in [0, 0.1) is 6.92 Å². The molecule has 26 heavy (non-hydrogen) atoms. The molecule has 1 saturated heterocycles. The van der Waals surface area contributed by atoms with E-state index in [4.69, 9.17) is 0 Å². The Hall–Kier alpha value is -2.34. The van der Waals surface area contributed by atoms with Crippen molar-refractivity contribution < 1.29 is 9.59 Å². The molecule has 6 heteroatoms. The Kier molecular flexibility index (Phi) is 5.93. The first-order valence-electron chi connectivity index (χ1n) is 8.93. The molecule has 1 unspecified atom stereocenters. The molecule has 1 aromatic carbocycles. The first-order valence-corrected chi connectivity index (χ1v) is 9.81. The first-order chi connectivity index (χ1) is 12.5. The number of piperazine rings is 1. The van der Waals surface area contributed by atoms with Crippen LogP contribution in [0.25, 0.3) is 0 Å². The fraction of sp³-hybridized carbons (Fsp3) is 0.400. The molecular weight excluding hydrogens is 346 g/mol. The topological polar surface area (TPSA) is 52.7 Å². The molecule has 0 aliphatic carbocycles. The van der Waals surface area contributed by atoms with Crippen LogP contribution < -0.4 is 10.2 Å². The van der Waals surface area contributed by atoms with E-state index in [0.29, 0.717) is 19.5 Å². The average Bonchev–Trinajstić information content (AvgIpc) is 3.15. The largest absolute Gasteiger partial charge is 0.368 e. The van der Waals surface area contributed by atoms with Gasteiger partial charge in [-0.3, -0.25) is 9.59 Å². The number of carbonyl (C=O) groups is 2. The smallest absolute Gasteiger partial charge is 0.225 e. The monoisotopic (exact) mass is 371 g/mol. The average molecular weight is 372 g/mol. The van der Waals surface area contributed by atoms with Crippen LogP contribution >= 0.6 is 11.3 Å². The third-order valence-corrected chi connectivity index (χ3v) is 5.63. The highest BCUT2D eigenvalue weighted by atomic mass is 32.1. The lowest BCUT2D eigenvalue weighted by Gasteiger charge is -2.36. The van der Waals surface area contributed by atoms with Gasteiger partial charge in [0.2, 0.25) is 11.8 Å². The van der Waals surface area contributed by atoms with Crippen molar-refractivity contribution in [3.63, 3.8) is 0 Å². The second-order valence-electron chi connectivity index (χ2n) is 6.68. The number of amides is 2. The van der Waals surface area contributed by atoms with Gasteiger partial charge in [0.1, 0.15) is 0 Å². The minimum Gasteiger partial charge on any atom is -0.368 e. The lowest BCUT2D eigenvalue weighted by Crippen LogP contribution is -2.49. The van der Waals surface area contributed by atoms with Crippen LogP contribution in [0.15, 0.2) is 41.8 Å². The summed E-state index contributed by atoms with van der Waals surface area (Å²) in [6.07, 6.45) is 0.310. The normalized spacial score (nSPS) is 15.6. The van der Waals surface area contributed by atoms with Gasteiger partial charge in [-0.05, 0) is 36.1 Å². The Morgan fingerprint density at radius 2 is 1.92 bits per heavy atom. The van der Waals surface area contributed by atoms with E-state index in [2.05, 4.69) is 41.4 Å². The van der Waals surface area contributed by atoms with Gasteiger partial charge in [-0.2, -0.15) is 0 Å². The number of aryl methyl sites for hydroxylation is 1. The van der Waals surface area contributed by atoms with Gasteiger partial charge in [0.15, 0.2) is 0 Å². The van der Waals surface area contributed by atoms with E-state index in [9.17, 15) is 9.59 Å². The summed E-state index contributed by atoms with van der Waals surface area (Å²) in [4.78, 5) is 29.5. The van der Waals surface area contributed by atoms with Crippen LogP contribution in [0.2, 0.25) is 0 Å². The maximum Gasteiger partial charge on any atom is 0.225 e. The van der Waals surface area contributed by atoms with Crippen LogP contribution in [0.1, 0.15) is 29.8 Å². The molecular formula is C20H25N3O2S. The van der Waals surface area contributed by atoms with Gasteiger partial charge in [0.25, 0.3) is 0 Å². The molecule has 2 aromatic rings. The highest BCUT2D eigenvalue weighted by Gasteiger charge is 2.25. The van der Waals surface area contributed by atoms with Gasteiger partial charge < -0.3 is 15.1 Å². The van der Waals surface area contributed by atoms with Crippen molar-refractivity contribution in [2.24, 2.45) is 0 Å². The molecule has 138 valence electrons. The van der Waals surface area contributed by atoms with E-state index in [1.54, 1.807) is 11.3 Å². The molecule has 2 heterocycles. The van der Waals surface area contributed by atoms with Crippen LogP contribution in [-0.4, -0.2) is 42.9 Å². The van der Waals surface area contributed by atoms with E-state index in [1.807, 2.05) is 22.4 Å². The molecule has 1 N–H and O–H groups in total. The minimum atomic E-state index is -0.241. The zero-order chi connectivity index (χ0) is 18.5. The lowest BCUT2D eigenvalue weighted by atomic mass is 10.1. The van der Waals surface area contributed by atoms with Gasteiger partial charge in [-0.1, -0.05) is 18.2 Å². The summed E-state index contributed by atoms with van der Waals surface area (Å²) in [6.45, 7) is 6.67. The van der Waals surface area contributed by atoms with E-state index in [-0.39, 0.29) is 17.9 Å². The summed E-state index contributed by atoms with van der Waals surface area (Å²) in [6, 6.07) is 12.1. The predicted molar refractivity (Wildman–Crippen MR) is 105 cm³/mol. The van der Waals surface area contributed by atoms with E-state index in [1.165, 1.54) is 18.2 Å². The predicted octanol–water partition coefficient (Wildman–Crippen LogP) is 2.97. The van der Waals surface area contributed by atoms with Crippen molar-refractivity contribution in [1.82, 2.24) is 10.2 Å². The molecule has 0 bridgehead atoms. The Morgan fingerprint density at radius 3 is 2.54 bits per heavy atom. The van der Waals surface area contributed by atoms with Gasteiger partial charge in [0, 0.05) is 43.7 Å². The van der Waals surface area contributed by atoms with Crippen LogP contribution in [-0.2, 0) is 9.59 Å². The van der Waals surface area contributed by atoms with Crippen LogP contribution in [0.3, 0.4) is 0 Å². The molecule has 1 aliphatic heterocycles. The third-order valence-electron chi connectivity index (χ3n) is 4.64. The molecule has 0 spiro atoms. The Bertz CT molecular complexity index is 752. The zero-order valence-electron chi connectivity index (χ0n) is 15.3. The summed E-state index contributed by atoms with van der Waals surface area (Å²) in [5, 5.41) is 4.87. The third kappa shape index (κ3) is 4.64. The summed E-state index contributed by atoms with van der Waals surface area (Å²) >= 11 is 1.57.